The van der Waals surface area contributed by atoms with Crippen LogP contribution in [-0.4, -0.2) is 18.2 Å². The molecule has 0 radical (unpaired) electrons. The topological polar surface area (TPSA) is 48.8 Å². The average Bonchev–Trinajstić information content (AvgIpc) is 2.70. The van der Waals surface area contributed by atoms with E-state index >= 15 is 0 Å². The van der Waals surface area contributed by atoms with Gasteiger partial charge in [-0.3, -0.25) is 0 Å². The van der Waals surface area contributed by atoms with E-state index in [-0.39, 0.29) is 11.3 Å². The molecular weight excluding hydrogens is 236 g/mol. The summed E-state index contributed by atoms with van der Waals surface area (Å²) in [6.07, 6.45) is 0.860. The van der Waals surface area contributed by atoms with Gasteiger partial charge < -0.3 is 9.72 Å². The lowest BCUT2D eigenvalue weighted by molar-refractivity contribution is -0.0800. The summed E-state index contributed by atoms with van der Waals surface area (Å²) in [6.45, 7) is 5.49. The number of aromatic amines is 1. The Morgan fingerprint density at radius 2 is 2.16 bits per heavy atom. The van der Waals surface area contributed by atoms with Gasteiger partial charge in [0, 0.05) is 16.6 Å². The van der Waals surface area contributed by atoms with Crippen molar-refractivity contribution in [2.24, 2.45) is 5.92 Å². The fourth-order valence-electron chi connectivity index (χ4n) is 3.37. The van der Waals surface area contributed by atoms with Crippen molar-refractivity contribution in [1.82, 2.24) is 4.98 Å². The molecule has 1 N–H and O–H groups in total. The van der Waals surface area contributed by atoms with Crippen LogP contribution >= 0.6 is 0 Å². The lowest BCUT2D eigenvalue weighted by Crippen LogP contribution is -2.52. The Balaban J connectivity index is 2.22. The van der Waals surface area contributed by atoms with Crippen LogP contribution in [0.5, 0.6) is 0 Å². The van der Waals surface area contributed by atoms with Crippen molar-refractivity contribution in [2.75, 3.05) is 13.2 Å². The lowest BCUT2D eigenvalue weighted by Gasteiger charge is -2.45. The Bertz CT molecular complexity index is 646. The number of benzene rings is 1. The summed E-state index contributed by atoms with van der Waals surface area (Å²) >= 11 is 0. The van der Waals surface area contributed by atoms with Crippen LogP contribution in [0, 0.1) is 24.2 Å². The van der Waals surface area contributed by atoms with Gasteiger partial charge in [0.1, 0.15) is 0 Å². The molecule has 2 heterocycles. The smallest absolute Gasteiger partial charge is 0.0666 e. The van der Waals surface area contributed by atoms with E-state index in [0.717, 1.165) is 11.9 Å². The van der Waals surface area contributed by atoms with Crippen molar-refractivity contribution in [2.45, 2.75) is 25.7 Å². The van der Waals surface area contributed by atoms with E-state index < -0.39 is 0 Å². The third-order valence-electron chi connectivity index (χ3n) is 4.34. The predicted molar refractivity (Wildman–Crippen MR) is 74.9 cm³/mol. The zero-order valence-corrected chi connectivity index (χ0v) is 11.4. The first-order valence-electron chi connectivity index (χ1n) is 6.78. The molecule has 1 fully saturated rings. The zero-order valence-electron chi connectivity index (χ0n) is 11.4. The highest BCUT2D eigenvalue weighted by molar-refractivity contribution is 5.86. The molecule has 1 atom stereocenters. The standard InChI is InChI=1S/C16H18N2O/c1-3-12(8-17)16(9-19-10-16)15-11(2)18-14-7-5-4-6-13(14)15/h4-7,12,18H,3,9-10H2,1-2H3. The number of hydrogen-bond donors (Lipinski definition) is 1. The molecule has 1 saturated heterocycles. The van der Waals surface area contributed by atoms with E-state index in [4.69, 9.17) is 4.74 Å². The van der Waals surface area contributed by atoms with Crippen LogP contribution in [0.25, 0.3) is 10.9 Å². The molecule has 2 aromatic rings. The Labute approximate surface area is 113 Å². The third kappa shape index (κ3) is 1.60. The number of H-pyrrole nitrogens is 1. The average molecular weight is 254 g/mol. The molecule has 3 heteroatoms. The number of para-hydroxylation sites is 1. The summed E-state index contributed by atoms with van der Waals surface area (Å²) in [5, 5.41) is 10.7. The minimum absolute atomic E-state index is 0.0131. The summed E-state index contributed by atoms with van der Waals surface area (Å²) in [5.74, 6) is 0.0131. The maximum Gasteiger partial charge on any atom is 0.0666 e. The first-order valence-corrected chi connectivity index (χ1v) is 6.78. The number of aryl methyl sites for hydroxylation is 1. The van der Waals surface area contributed by atoms with E-state index in [0.29, 0.717) is 13.2 Å². The molecule has 0 spiro atoms. The van der Waals surface area contributed by atoms with Gasteiger partial charge in [0.2, 0.25) is 0 Å². The van der Waals surface area contributed by atoms with Crippen molar-refractivity contribution >= 4 is 10.9 Å². The van der Waals surface area contributed by atoms with Gasteiger partial charge in [-0.05, 0) is 25.0 Å². The highest BCUT2D eigenvalue weighted by Gasteiger charge is 2.48. The largest absolute Gasteiger partial charge is 0.379 e. The van der Waals surface area contributed by atoms with E-state index in [1.807, 2.05) is 6.07 Å². The second-order valence-electron chi connectivity index (χ2n) is 5.41. The van der Waals surface area contributed by atoms with Crippen LogP contribution in [0.1, 0.15) is 24.6 Å². The molecule has 1 aromatic carbocycles. The minimum atomic E-state index is -0.132. The normalized spacial score (nSPS) is 18.8. The number of rotatable bonds is 3. The summed E-state index contributed by atoms with van der Waals surface area (Å²) < 4.78 is 5.49. The second kappa shape index (κ2) is 4.40. The monoisotopic (exact) mass is 254 g/mol. The number of ether oxygens (including phenoxy) is 1. The maximum absolute atomic E-state index is 9.47. The van der Waals surface area contributed by atoms with Crippen molar-refractivity contribution in [3.05, 3.63) is 35.5 Å². The lowest BCUT2D eigenvalue weighted by atomic mass is 9.67. The molecule has 0 bridgehead atoms. The van der Waals surface area contributed by atoms with E-state index in [9.17, 15) is 5.26 Å². The molecule has 0 aliphatic carbocycles. The molecule has 98 valence electrons. The van der Waals surface area contributed by atoms with Gasteiger partial charge in [-0.1, -0.05) is 25.1 Å². The van der Waals surface area contributed by atoms with Crippen molar-refractivity contribution < 1.29 is 4.74 Å². The highest BCUT2D eigenvalue weighted by Crippen LogP contribution is 2.45. The number of fused-ring (bicyclic) bond motifs is 1. The molecule has 3 nitrogen and oxygen atoms in total. The highest BCUT2D eigenvalue weighted by atomic mass is 16.5. The fraction of sp³-hybridized carbons (Fsp3) is 0.438. The molecule has 0 amide bonds. The van der Waals surface area contributed by atoms with Gasteiger partial charge >= 0.3 is 0 Å². The molecule has 1 unspecified atom stereocenters. The van der Waals surface area contributed by atoms with Crippen molar-refractivity contribution in [1.29, 1.82) is 5.26 Å². The van der Waals surface area contributed by atoms with Crippen LogP contribution in [0.3, 0.4) is 0 Å². The number of nitrogens with zero attached hydrogens (tertiary/aromatic N) is 1. The van der Waals surface area contributed by atoms with Gasteiger partial charge in [0.05, 0.1) is 30.6 Å². The Morgan fingerprint density at radius 3 is 2.74 bits per heavy atom. The Morgan fingerprint density at radius 1 is 1.42 bits per heavy atom. The van der Waals surface area contributed by atoms with Crippen LogP contribution in [-0.2, 0) is 10.2 Å². The number of nitrogens with one attached hydrogen (secondary N) is 1. The summed E-state index contributed by atoms with van der Waals surface area (Å²) in [7, 11) is 0. The number of hydrogen-bond acceptors (Lipinski definition) is 2. The van der Waals surface area contributed by atoms with Crippen LogP contribution in [0.2, 0.25) is 0 Å². The van der Waals surface area contributed by atoms with Gasteiger partial charge in [0.25, 0.3) is 0 Å². The minimum Gasteiger partial charge on any atom is -0.379 e. The molecule has 19 heavy (non-hydrogen) atoms. The first kappa shape index (κ1) is 12.3. The van der Waals surface area contributed by atoms with E-state index in [2.05, 4.69) is 43.1 Å². The fourth-order valence-corrected chi connectivity index (χ4v) is 3.37. The van der Waals surface area contributed by atoms with E-state index in [1.54, 1.807) is 0 Å². The quantitative estimate of drug-likeness (QED) is 0.913. The Kier molecular flexibility index (Phi) is 2.83. The molecular formula is C16H18N2O. The molecule has 1 aliphatic rings. The Hall–Kier alpha value is -1.79. The van der Waals surface area contributed by atoms with Crippen LogP contribution < -0.4 is 0 Å². The van der Waals surface area contributed by atoms with Crippen LogP contribution in [0.4, 0.5) is 0 Å². The van der Waals surface area contributed by atoms with Crippen molar-refractivity contribution in [3.63, 3.8) is 0 Å². The molecule has 0 saturated carbocycles. The number of aromatic nitrogens is 1. The summed E-state index contributed by atoms with van der Waals surface area (Å²) in [4.78, 5) is 3.44. The summed E-state index contributed by atoms with van der Waals surface area (Å²) in [5.41, 5.74) is 3.46. The maximum atomic E-state index is 9.47. The molecule has 1 aliphatic heterocycles. The van der Waals surface area contributed by atoms with Gasteiger partial charge in [-0.25, -0.2) is 0 Å². The molecule has 1 aromatic heterocycles. The second-order valence-corrected chi connectivity index (χ2v) is 5.41. The SMILES string of the molecule is CCC(C#N)C1(c2c(C)[nH]c3ccccc23)COC1. The molecule has 3 rings (SSSR count). The summed E-state index contributed by atoms with van der Waals surface area (Å²) in [6, 6.07) is 10.8. The van der Waals surface area contributed by atoms with Crippen molar-refractivity contribution in [3.8, 4) is 6.07 Å². The van der Waals surface area contributed by atoms with E-state index in [1.165, 1.54) is 16.6 Å². The van der Waals surface area contributed by atoms with Gasteiger partial charge in [-0.15, -0.1) is 0 Å². The zero-order chi connectivity index (χ0) is 13.5. The van der Waals surface area contributed by atoms with Gasteiger partial charge in [0.15, 0.2) is 0 Å². The third-order valence-corrected chi connectivity index (χ3v) is 4.34. The number of nitriles is 1. The van der Waals surface area contributed by atoms with Gasteiger partial charge in [-0.2, -0.15) is 5.26 Å². The first-order chi connectivity index (χ1) is 9.23. The van der Waals surface area contributed by atoms with Crippen LogP contribution in [0.15, 0.2) is 24.3 Å². The predicted octanol–water partition coefficient (Wildman–Crippen LogP) is 3.29.